The first-order chi connectivity index (χ1) is 13.3. The summed E-state index contributed by atoms with van der Waals surface area (Å²) < 4.78 is 10.00. The van der Waals surface area contributed by atoms with E-state index >= 15 is 0 Å². The lowest BCUT2D eigenvalue weighted by Gasteiger charge is -2.24. The number of halogens is 1. The van der Waals surface area contributed by atoms with E-state index in [1.54, 1.807) is 11.8 Å². The van der Waals surface area contributed by atoms with Crippen LogP contribution in [0.3, 0.4) is 0 Å². The van der Waals surface area contributed by atoms with Gasteiger partial charge in [0.05, 0.1) is 25.4 Å². The van der Waals surface area contributed by atoms with Gasteiger partial charge in [0.1, 0.15) is 0 Å². The zero-order chi connectivity index (χ0) is 21.0. The van der Waals surface area contributed by atoms with Crippen molar-refractivity contribution in [1.82, 2.24) is 0 Å². The molecule has 1 aromatic carbocycles. The lowest BCUT2D eigenvalue weighted by atomic mass is 9.88. The third-order valence-electron chi connectivity index (χ3n) is 4.30. The summed E-state index contributed by atoms with van der Waals surface area (Å²) >= 11 is 5.44. The minimum atomic E-state index is -0.187. The minimum Gasteiger partial charge on any atom is -0.466 e. The van der Waals surface area contributed by atoms with Gasteiger partial charge in [-0.05, 0) is 49.0 Å². The second-order valence-corrected chi connectivity index (χ2v) is 9.64. The highest BCUT2D eigenvalue weighted by Crippen LogP contribution is 2.33. The lowest BCUT2D eigenvalue weighted by molar-refractivity contribution is -0.142. The average Bonchev–Trinajstić information content (AvgIpc) is 2.62. The van der Waals surface area contributed by atoms with Gasteiger partial charge in [0, 0.05) is 4.83 Å². The monoisotopic (exact) mass is 472 g/mol. The fraction of sp³-hybridized carbons (Fsp3) is 0.636. The van der Waals surface area contributed by atoms with Crippen LogP contribution in [0.15, 0.2) is 24.3 Å². The Morgan fingerprint density at radius 3 is 2.50 bits per heavy atom. The van der Waals surface area contributed by atoms with Gasteiger partial charge >= 0.3 is 11.9 Å². The molecule has 0 aliphatic heterocycles. The van der Waals surface area contributed by atoms with E-state index in [-0.39, 0.29) is 22.2 Å². The summed E-state index contributed by atoms with van der Waals surface area (Å²) in [5.74, 6) is 1.04. The van der Waals surface area contributed by atoms with Gasteiger partial charge in [-0.2, -0.15) is 0 Å². The molecular weight excluding hydrogens is 440 g/mol. The van der Waals surface area contributed by atoms with E-state index in [0.29, 0.717) is 25.4 Å². The first-order valence-electron chi connectivity index (χ1n) is 9.89. The van der Waals surface area contributed by atoms with Gasteiger partial charge in [0.25, 0.3) is 0 Å². The van der Waals surface area contributed by atoms with Crippen molar-refractivity contribution in [2.45, 2.75) is 58.2 Å². The zero-order valence-electron chi connectivity index (χ0n) is 17.5. The fourth-order valence-electron chi connectivity index (χ4n) is 2.89. The van der Waals surface area contributed by atoms with E-state index < -0.39 is 0 Å². The molecule has 0 radical (unpaired) electrons. The van der Waals surface area contributed by atoms with E-state index in [1.165, 1.54) is 5.56 Å². The number of alkyl halides is 1. The van der Waals surface area contributed by atoms with E-state index in [4.69, 9.17) is 9.47 Å². The molecule has 4 nitrogen and oxygen atoms in total. The van der Waals surface area contributed by atoms with Crippen LogP contribution in [0.1, 0.15) is 62.9 Å². The number of hydrogen-bond donors (Lipinski definition) is 0. The number of ether oxygens (including phenoxy) is 2. The number of esters is 2. The summed E-state index contributed by atoms with van der Waals surface area (Å²) in [6.07, 6.45) is 3.51. The molecule has 1 aromatic rings. The van der Waals surface area contributed by atoms with Gasteiger partial charge in [0.15, 0.2) is 0 Å². The number of carbonyl (C=O) groups is 2. The van der Waals surface area contributed by atoms with Crippen molar-refractivity contribution >= 4 is 39.6 Å². The number of rotatable bonds is 13. The Morgan fingerprint density at radius 1 is 1.14 bits per heavy atom. The van der Waals surface area contributed by atoms with Crippen molar-refractivity contribution < 1.29 is 19.1 Å². The van der Waals surface area contributed by atoms with Crippen molar-refractivity contribution in [3.05, 3.63) is 35.4 Å². The highest BCUT2D eigenvalue weighted by Gasteiger charge is 2.19. The van der Waals surface area contributed by atoms with Crippen LogP contribution in [0.4, 0.5) is 0 Å². The number of thioether (sulfide) groups is 1. The first kappa shape index (κ1) is 25.0. The normalized spacial score (nSPS) is 12.5. The van der Waals surface area contributed by atoms with Gasteiger partial charge in [0.2, 0.25) is 0 Å². The molecule has 0 heterocycles. The second kappa shape index (κ2) is 13.3. The van der Waals surface area contributed by atoms with Gasteiger partial charge in [-0.25, -0.2) is 0 Å². The van der Waals surface area contributed by atoms with Crippen molar-refractivity contribution in [3.63, 3.8) is 0 Å². The van der Waals surface area contributed by atoms with Crippen LogP contribution in [-0.4, -0.2) is 36.7 Å². The summed E-state index contributed by atoms with van der Waals surface area (Å²) in [6, 6.07) is 8.13. The standard InChI is InChI=1S/C22H33BrO4S/c1-5-26-20(24)14-17-9-7-10-18(13-17)19(23)11-8-12-22(3,4)16-28-15-21(25)27-6-2/h7,9-10,13,19H,5-6,8,11-12,14-16H2,1-4H3. The summed E-state index contributed by atoms with van der Waals surface area (Å²) in [6.45, 7) is 8.99. The smallest absolute Gasteiger partial charge is 0.315 e. The average molecular weight is 473 g/mol. The highest BCUT2D eigenvalue weighted by atomic mass is 79.9. The van der Waals surface area contributed by atoms with Gasteiger partial charge in [-0.3, -0.25) is 9.59 Å². The molecule has 0 bridgehead atoms. The maximum absolute atomic E-state index is 11.7. The Kier molecular flexibility index (Phi) is 11.8. The number of carbonyl (C=O) groups excluding carboxylic acids is 2. The van der Waals surface area contributed by atoms with E-state index in [0.717, 1.165) is 30.6 Å². The van der Waals surface area contributed by atoms with E-state index in [9.17, 15) is 9.59 Å². The van der Waals surface area contributed by atoms with Crippen LogP contribution < -0.4 is 0 Å². The maximum atomic E-state index is 11.7. The molecule has 0 fully saturated rings. The molecule has 0 aromatic heterocycles. The van der Waals surface area contributed by atoms with Crippen LogP contribution in [0.2, 0.25) is 0 Å². The van der Waals surface area contributed by atoms with Crippen molar-refractivity contribution in [2.24, 2.45) is 5.41 Å². The molecule has 1 atom stereocenters. The van der Waals surface area contributed by atoms with Gasteiger partial charge < -0.3 is 9.47 Å². The molecule has 0 saturated carbocycles. The molecule has 1 unspecified atom stereocenters. The molecule has 0 aliphatic rings. The van der Waals surface area contributed by atoms with E-state index in [1.807, 2.05) is 26.0 Å². The summed E-state index contributed by atoms with van der Waals surface area (Å²) in [7, 11) is 0. The van der Waals surface area contributed by atoms with Crippen LogP contribution in [0, 0.1) is 5.41 Å². The third-order valence-corrected chi connectivity index (χ3v) is 6.71. The highest BCUT2D eigenvalue weighted by molar-refractivity contribution is 9.09. The largest absolute Gasteiger partial charge is 0.466 e. The quantitative estimate of drug-likeness (QED) is 0.271. The molecule has 0 spiro atoms. The van der Waals surface area contributed by atoms with Crippen LogP contribution in [0.25, 0.3) is 0 Å². The topological polar surface area (TPSA) is 52.6 Å². The first-order valence-corrected chi connectivity index (χ1v) is 12.0. The predicted molar refractivity (Wildman–Crippen MR) is 120 cm³/mol. The Hall–Kier alpha value is -1.01. The van der Waals surface area contributed by atoms with Gasteiger partial charge in [-0.1, -0.05) is 60.5 Å². The molecular formula is C22H33BrO4S. The number of hydrogen-bond acceptors (Lipinski definition) is 5. The molecule has 0 amide bonds. The predicted octanol–water partition coefficient (Wildman–Crippen LogP) is 5.72. The third kappa shape index (κ3) is 10.5. The van der Waals surface area contributed by atoms with Gasteiger partial charge in [-0.15, -0.1) is 11.8 Å². The molecule has 28 heavy (non-hydrogen) atoms. The Balaban J connectivity index is 2.41. The molecule has 158 valence electrons. The molecule has 0 aliphatic carbocycles. The second-order valence-electron chi connectivity index (χ2n) is 7.55. The summed E-state index contributed by atoms with van der Waals surface area (Å²) in [5.41, 5.74) is 2.35. The Labute approximate surface area is 182 Å². The maximum Gasteiger partial charge on any atom is 0.315 e. The van der Waals surface area contributed by atoms with Crippen LogP contribution >= 0.6 is 27.7 Å². The molecule has 1 rings (SSSR count). The Bertz CT molecular complexity index is 618. The molecule has 0 N–H and O–H groups in total. The minimum absolute atomic E-state index is 0.133. The fourth-order valence-corrected chi connectivity index (χ4v) is 4.55. The molecule has 6 heteroatoms. The van der Waals surface area contributed by atoms with Crippen LogP contribution in [-0.2, 0) is 25.5 Å². The SMILES string of the molecule is CCOC(=O)CSCC(C)(C)CCCC(Br)c1cccc(CC(=O)OCC)c1. The lowest BCUT2D eigenvalue weighted by Crippen LogP contribution is -2.17. The van der Waals surface area contributed by atoms with E-state index in [2.05, 4.69) is 41.9 Å². The van der Waals surface area contributed by atoms with Crippen molar-refractivity contribution in [2.75, 3.05) is 24.7 Å². The molecule has 0 saturated heterocycles. The zero-order valence-corrected chi connectivity index (χ0v) is 19.9. The Morgan fingerprint density at radius 2 is 1.82 bits per heavy atom. The summed E-state index contributed by atoms with van der Waals surface area (Å²) in [5, 5.41) is 0. The van der Waals surface area contributed by atoms with Crippen LogP contribution in [0.5, 0.6) is 0 Å². The number of benzene rings is 1. The summed E-state index contributed by atoms with van der Waals surface area (Å²) in [4.78, 5) is 23.4. The van der Waals surface area contributed by atoms with Crippen molar-refractivity contribution in [3.8, 4) is 0 Å². The van der Waals surface area contributed by atoms with Crippen molar-refractivity contribution in [1.29, 1.82) is 0 Å².